The SMILES string of the molecule is Cc1nn(C)c(C)c1NC(=O)[C@@H](C)Sc1nnc2c(Cl)cc(Cl)cn12. The zero-order valence-corrected chi connectivity index (χ0v) is 16.4. The summed E-state index contributed by atoms with van der Waals surface area (Å²) >= 11 is 13.4. The van der Waals surface area contributed by atoms with Gasteiger partial charge in [0.05, 0.1) is 32.4 Å². The third-order valence-corrected chi connectivity index (χ3v) is 5.35. The molecule has 3 aromatic rings. The lowest BCUT2D eigenvalue weighted by Gasteiger charge is -2.11. The van der Waals surface area contributed by atoms with Crippen LogP contribution in [0, 0.1) is 13.8 Å². The van der Waals surface area contributed by atoms with Gasteiger partial charge in [-0.15, -0.1) is 10.2 Å². The van der Waals surface area contributed by atoms with Crippen molar-refractivity contribution in [2.45, 2.75) is 31.2 Å². The molecule has 0 spiro atoms. The Morgan fingerprint density at radius 2 is 2.04 bits per heavy atom. The van der Waals surface area contributed by atoms with Crippen molar-refractivity contribution in [1.82, 2.24) is 24.4 Å². The Kier molecular flexibility index (Phi) is 4.95. The standard InChI is InChI=1S/C15H16Cl2N6OS/c1-7-12(8(2)22(4)21-7)18-14(24)9(3)25-15-20-19-13-11(17)5-10(16)6-23(13)15/h5-6,9H,1-4H3,(H,18,24)/t9-/m1/s1. The molecule has 0 fully saturated rings. The van der Waals surface area contributed by atoms with Crippen molar-refractivity contribution >= 4 is 52.2 Å². The van der Waals surface area contributed by atoms with Gasteiger partial charge in [0.1, 0.15) is 0 Å². The van der Waals surface area contributed by atoms with Crippen molar-refractivity contribution < 1.29 is 4.79 Å². The van der Waals surface area contributed by atoms with Crippen LogP contribution in [0.25, 0.3) is 5.65 Å². The number of halogens is 2. The third kappa shape index (κ3) is 3.47. The molecule has 0 radical (unpaired) electrons. The number of carbonyl (C=O) groups excluding carboxylic acids is 1. The Bertz CT molecular complexity index is 967. The van der Waals surface area contributed by atoms with E-state index in [1.54, 1.807) is 28.3 Å². The highest BCUT2D eigenvalue weighted by atomic mass is 35.5. The Labute approximate surface area is 158 Å². The van der Waals surface area contributed by atoms with Crippen LogP contribution in [0.1, 0.15) is 18.3 Å². The van der Waals surface area contributed by atoms with Gasteiger partial charge in [-0.05, 0) is 26.8 Å². The van der Waals surface area contributed by atoms with Crippen LogP contribution in [0.15, 0.2) is 17.4 Å². The number of nitrogens with zero attached hydrogens (tertiary/aromatic N) is 5. The van der Waals surface area contributed by atoms with Crippen LogP contribution in [0.3, 0.4) is 0 Å². The summed E-state index contributed by atoms with van der Waals surface area (Å²) in [5.74, 6) is -0.144. The molecule has 1 amide bonds. The van der Waals surface area contributed by atoms with Gasteiger partial charge >= 0.3 is 0 Å². The molecule has 25 heavy (non-hydrogen) atoms. The molecule has 0 aliphatic carbocycles. The summed E-state index contributed by atoms with van der Waals surface area (Å²) in [5.41, 5.74) is 2.91. The topological polar surface area (TPSA) is 77.1 Å². The quantitative estimate of drug-likeness (QED) is 0.680. The number of aromatic nitrogens is 5. The highest BCUT2D eigenvalue weighted by Gasteiger charge is 2.21. The average molecular weight is 399 g/mol. The number of nitrogens with one attached hydrogen (secondary N) is 1. The predicted octanol–water partition coefficient (Wildman–Crippen LogP) is 3.51. The molecular weight excluding hydrogens is 383 g/mol. The van der Waals surface area contributed by atoms with Crippen LogP contribution >= 0.6 is 35.0 Å². The van der Waals surface area contributed by atoms with Gasteiger partial charge < -0.3 is 5.32 Å². The van der Waals surface area contributed by atoms with Crippen molar-refractivity contribution in [3.63, 3.8) is 0 Å². The van der Waals surface area contributed by atoms with Crippen molar-refractivity contribution in [1.29, 1.82) is 0 Å². The zero-order chi connectivity index (χ0) is 18.3. The van der Waals surface area contributed by atoms with Crippen LogP contribution in [0.4, 0.5) is 5.69 Å². The average Bonchev–Trinajstić information content (AvgIpc) is 3.03. The molecule has 3 rings (SSSR count). The van der Waals surface area contributed by atoms with E-state index in [-0.39, 0.29) is 5.91 Å². The summed E-state index contributed by atoms with van der Waals surface area (Å²) in [6, 6.07) is 1.60. The molecule has 0 bridgehead atoms. The first-order valence-electron chi connectivity index (χ1n) is 7.45. The number of fused-ring (bicyclic) bond motifs is 1. The second kappa shape index (κ2) is 6.86. The predicted molar refractivity (Wildman–Crippen MR) is 99.6 cm³/mol. The van der Waals surface area contributed by atoms with E-state index in [0.29, 0.717) is 20.8 Å². The number of carbonyl (C=O) groups is 1. The van der Waals surface area contributed by atoms with Crippen molar-refractivity contribution in [2.24, 2.45) is 7.05 Å². The fourth-order valence-corrected chi connectivity index (χ4v) is 3.71. The molecule has 10 heteroatoms. The van der Waals surface area contributed by atoms with E-state index >= 15 is 0 Å². The van der Waals surface area contributed by atoms with Gasteiger partial charge in [-0.1, -0.05) is 35.0 Å². The molecular formula is C15H16Cl2N6OS. The van der Waals surface area contributed by atoms with E-state index in [2.05, 4.69) is 20.6 Å². The first-order valence-corrected chi connectivity index (χ1v) is 9.09. The normalized spacial score (nSPS) is 12.6. The lowest BCUT2D eigenvalue weighted by atomic mass is 10.3. The number of thioether (sulfide) groups is 1. The lowest BCUT2D eigenvalue weighted by molar-refractivity contribution is -0.115. The van der Waals surface area contributed by atoms with Crippen LogP contribution in [0.5, 0.6) is 0 Å². The third-order valence-electron chi connectivity index (χ3n) is 3.80. The summed E-state index contributed by atoms with van der Waals surface area (Å²) in [4.78, 5) is 12.5. The van der Waals surface area contributed by atoms with Crippen molar-refractivity contribution in [3.05, 3.63) is 33.7 Å². The summed E-state index contributed by atoms with van der Waals surface area (Å²) in [5, 5.41) is 16.4. The number of amides is 1. The Balaban J connectivity index is 1.80. The van der Waals surface area contributed by atoms with Crippen molar-refractivity contribution in [3.8, 4) is 0 Å². The second-order valence-electron chi connectivity index (χ2n) is 5.60. The first kappa shape index (κ1) is 18.0. The molecule has 0 unspecified atom stereocenters. The second-order valence-corrected chi connectivity index (χ2v) is 7.75. The number of hydrogen-bond donors (Lipinski definition) is 1. The molecule has 132 valence electrons. The molecule has 0 aliphatic heterocycles. The largest absolute Gasteiger partial charge is 0.322 e. The zero-order valence-electron chi connectivity index (χ0n) is 14.0. The van der Waals surface area contributed by atoms with Gasteiger partial charge in [0.15, 0.2) is 10.8 Å². The van der Waals surface area contributed by atoms with E-state index in [1.165, 1.54) is 11.8 Å². The monoisotopic (exact) mass is 398 g/mol. The highest BCUT2D eigenvalue weighted by molar-refractivity contribution is 8.00. The van der Waals surface area contributed by atoms with Crippen LogP contribution in [-0.2, 0) is 11.8 Å². The maximum absolute atomic E-state index is 12.5. The van der Waals surface area contributed by atoms with E-state index in [9.17, 15) is 4.79 Å². The number of rotatable bonds is 4. The van der Waals surface area contributed by atoms with Gasteiger partial charge in [0.25, 0.3) is 0 Å². The van der Waals surface area contributed by atoms with E-state index < -0.39 is 5.25 Å². The summed E-state index contributed by atoms with van der Waals surface area (Å²) in [6.45, 7) is 5.56. The molecule has 7 nitrogen and oxygen atoms in total. The van der Waals surface area contributed by atoms with Gasteiger partial charge in [-0.3, -0.25) is 13.9 Å². The lowest BCUT2D eigenvalue weighted by Crippen LogP contribution is -2.23. The van der Waals surface area contributed by atoms with Crippen molar-refractivity contribution in [2.75, 3.05) is 5.32 Å². The fourth-order valence-electron chi connectivity index (χ4n) is 2.37. The molecule has 1 atom stereocenters. The number of aryl methyl sites for hydroxylation is 2. The summed E-state index contributed by atoms with van der Waals surface area (Å²) < 4.78 is 3.42. The maximum atomic E-state index is 12.5. The Morgan fingerprint density at radius 3 is 2.68 bits per heavy atom. The van der Waals surface area contributed by atoms with Crippen LogP contribution < -0.4 is 5.32 Å². The van der Waals surface area contributed by atoms with Gasteiger partial charge in [0, 0.05) is 13.2 Å². The Hall–Kier alpha value is -1.77. The molecule has 3 aromatic heterocycles. The summed E-state index contributed by atoms with van der Waals surface area (Å²) in [6.07, 6.45) is 1.67. The molecule has 3 heterocycles. The fraction of sp³-hybridized carbons (Fsp3) is 0.333. The van der Waals surface area contributed by atoms with Gasteiger partial charge in [-0.25, -0.2) is 0 Å². The summed E-state index contributed by atoms with van der Waals surface area (Å²) in [7, 11) is 1.84. The minimum atomic E-state index is -0.399. The number of anilines is 1. The minimum absolute atomic E-state index is 0.144. The maximum Gasteiger partial charge on any atom is 0.237 e. The Morgan fingerprint density at radius 1 is 1.32 bits per heavy atom. The number of hydrogen-bond acceptors (Lipinski definition) is 5. The smallest absolute Gasteiger partial charge is 0.237 e. The van der Waals surface area contributed by atoms with E-state index in [1.807, 2.05) is 20.9 Å². The minimum Gasteiger partial charge on any atom is -0.322 e. The van der Waals surface area contributed by atoms with E-state index in [0.717, 1.165) is 17.1 Å². The van der Waals surface area contributed by atoms with Gasteiger partial charge in [0.2, 0.25) is 5.91 Å². The molecule has 0 saturated heterocycles. The van der Waals surface area contributed by atoms with E-state index in [4.69, 9.17) is 23.2 Å². The molecule has 0 aliphatic rings. The molecule has 0 aromatic carbocycles. The molecule has 0 saturated carbocycles. The van der Waals surface area contributed by atoms with Crippen LogP contribution in [0.2, 0.25) is 10.0 Å². The highest BCUT2D eigenvalue weighted by Crippen LogP contribution is 2.28. The van der Waals surface area contributed by atoms with Gasteiger partial charge in [-0.2, -0.15) is 5.10 Å². The number of pyridine rings is 1. The van der Waals surface area contributed by atoms with Crippen LogP contribution in [-0.4, -0.2) is 35.5 Å². The molecule has 1 N–H and O–H groups in total. The first-order chi connectivity index (χ1) is 11.8.